The highest BCUT2D eigenvalue weighted by atomic mass is 35.5. The van der Waals surface area contributed by atoms with Gasteiger partial charge in [0.2, 0.25) is 11.8 Å². The van der Waals surface area contributed by atoms with Gasteiger partial charge in [0.05, 0.1) is 15.7 Å². The molecule has 19 heavy (non-hydrogen) atoms. The maximum Gasteiger partial charge on any atom is 0.250 e. The van der Waals surface area contributed by atoms with Crippen LogP contribution >= 0.6 is 23.2 Å². The molecule has 1 aromatic rings. The molecule has 1 heterocycles. The van der Waals surface area contributed by atoms with Crippen molar-refractivity contribution in [2.75, 3.05) is 4.90 Å². The Balaban J connectivity index is 2.56. The second kappa shape index (κ2) is 4.98. The highest BCUT2D eigenvalue weighted by Gasteiger charge is 2.38. The van der Waals surface area contributed by atoms with Gasteiger partial charge >= 0.3 is 0 Å². The van der Waals surface area contributed by atoms with E-state index in [1.54, 1.807) is 13.8 Å². The van der Waals surface area contributed by atoms with Crippen LogP contribution in [0, 0.1) is 5.82 Å². The molecule has 102 valence electrons. The lowest BCUT2D eigenvalue weighted by Crippen LogP contribution is -2.61. The van der Waals surface area contributed by atoms with Crippen LogP contribution in [0.5, 0.6) is 0 Å². The minimum atomic E-state index is -0.760. The van der Waals surface area contributed by atoms with Gasteiger partial charge in [-0.2, -0.15) is 0 Å². The molecule has 0 saturated carbocycles. The Morgan fingerprint density at radius 1 is 1.21 bits per heavy atom. The van der Waals surface area contributed by atoms with E-state index in [4.69, 9.17) is 23.2 Å². The zero-order valence-corrected chi connectivity index (χ0v) is 11.7. The van der Waals surface area contributed by atoms with Gasteiger partial charge in [0, 0.05) is 0 Å². The van der Waals surface area contributed by atoms with E-state index < -0.39 is 17.9 Å². The van der Waals surface area contributed by atoms with Crippen LogP contribution in [-0.4, -0.2) is 23.9 Å². The number of rotatable bonds is 1. The number of carbonyl (C=O) groups is 2. The van der Waals surface area contributed by atoms with E-state index >= 15 is 0 Å². The Labute approximate surface area is 119 Å². The lowest BCUT2D eigenvalue weighted by molar-refractivity contribution is -0.133. The summed E-state index contributed by atoms with van der Waals surface area (Å²) in [5, 5.41) is 2.52. The summed E-state index contributed by atoms with van der Waals surface area (Å²) in [5.41, 5.74) is 0.156. The molecule has 0 bridgehead atoms. The van der Waals surface area contributed by atoms with Crippen molar-refractivity contribution >= 4 is 40.7 Å². The van der Waals surface area contributed by atoms with Gasteiger partial charge in [-0.1, -0.05) is 23.2 Å². The number of halogens is 3. The van der Waals surface area contributed by atoms with Crippen LogP contribution in [0.15, 0.2) is 12.1 Å². The molecule has 1 aliphatic heterocycles. The standard InChI is InChI=1S/C12H11Cl2FN2O2/c1-5-12(19)17(6(2)11(18)16-5)10-8(13)3-7(15)4-9(10)14/h3-6H,1-2H3,(H,16,18). The van der Waals surface area contributed by atoms with Crippen molar-refractivity contribution in [3.8, 4) is 0 Å². The second-order valence-corrected chi connectivity index (χ2v) is 5.15. The minimum absolute atomic E-state index is 0.00731. The Morgan fingerprint density at radius 3 is 2.26 bits per heavy atom. The summed E-state index contributed by atoms with van der Waals surface area (Å²) in [6, 6.07) is 0.671. The van der Waals surface area contributed by atoms with Crippen LogP contribution in [0.4, 0.5) is 10.1 Å². The summed E-state index contributed by atoms with van der Waals surface area (Å²) in [5.74, 6) is -1.26. The van der Waals surface area contributed by atoms with E-state index in [-0.39, 0.29) is 27.5 Å². The molecular formula is C12H11Cl2FN2O2. The molecule has 7 heteroatoms. The maximum absolute atomic E-state index is 13.2. The average Bonchev–Trinajstić information content (AvgIpc) is 2.30. The molecule has 1 fully saturated rings. The normalized spacial score (nSPS) is 23.5. The van der Waals surface area contributed by atoms with E-state index in [9.17, 15) is 14.0 Å². The fourth-order valence-electron chi connectivity index (χ4n) is 1.98. The molecular weight excluding hydrogens is 294 g/mol. The Hall–Kier alpha value is -1.33. The van der Waals surface area contributed by atoms with Crippen molar-refractivity contribution < 1.29 is 14.0 Å². The van der Waals surface area contributed by atoms with Gasteiger partial charge in [-0.15, -0.1) is 0 Å². The van der Waals surface area contributed by atoms with Crippen molar-refractivity contribution in [3.05, 3.63) is 28.0 Å². The van der Waals surface area contributed by atoms with Crippen LogP contribution in [0.3, 0.4) is 0 Å². The predicted octanol–water partition coefficient (Wildman–Crippen LogP) is 2.37. The first-order valence-corrected chi connectivity index (χ1v) is 6.36. The van der Waals surface area contributed by atoms with Crippen molar-refractivity contribution in [1.82, 2.24) is 5.32 Å². The Morgan fingerprint density at radius 2 is 1.74 bits per heavy atom. The monoisotopic (exact) mass is 304 g/mol. The van der Waals surface area contributed by atoms with Crippen LogP contribution in [0.25, 0.3) is 0 Å². The zero-order valence-electron chi connectivity index (χ0n) is 10.2. The van der Waals surface area contributed by atoms with Gasteiger partial charge in [-0.05, 0) is 26.0 Å². The molecule has 1 N–H and O–H groups in total. The fraction of sp³-hybridized carbons (Fsp3) is 0.333. The third kappa shape index (κ3) is 2.40. The highest BCUT2D eigenvalue weighted by Crippen LogP contribution is 2.37. The number of hydrogen-bond donors (Lipinski definition) is 1. The van der Waals surface area contributed by atoms with Crippen LogP contribution in [-0.2, 0) is 9.59 Å². The van der Waals surface area contributed by atoms with Gasteiger partial charge < -0.3 is 5.32 Å². The predicted molar refractivity (Wildman–Crippen MR) is 71.0 cm³/mol. The first-order chi connectivity index (χ1) is 8.82. The van der Waals surface area contributed by atoms with Gasteiger partial charge in [0.1, 0.15) is 17.9 Å². The molecule has 0 radical (unpaired) electrons. The smallest absolute Gasteiger partial charge is 0.250 e. The molecule has 2 rings (SSSR count). The number of anilines is 1. The van der Waals surface area contributed by atoms with Crippen LogP contribution < -0.4 is 10.2 Å². The van der Waals surface area contributed by atoms with Crippen molar-refractivity contribution in [1.29, 1.82) is 0 Å². The Bertz CT molecular complexity index is 542. The third-order valence-electron chi connectivity index (χ3n) is 2.96. The van der Waals surface area contributed by atoms with E-state index in [0.717, 1.165) is 12.1 Å². The highest BCUT2D eigenvalue weighted by molar-refractivity contribution is 6.40. The van der Waals surface area contributed by atoms with E-state index in [0.29, 0.717) is 0 Å². The summed E-state index contributed by atoms with van der Waals surface area (Å²) >= 11 is 11.9. The van der Waals surface area contributed by atoms with Gasteiger partial charge in [-0.3, -0.25) is 14.5 Å². The number of hydrogen-bond acceptors (Lipinski definition) is 2. The second-order valence-electron chi connectivity index (χ2n) is 4.33. The molecule has 2 unspecified atom stereocenters. The molecule has 1 aromatic carbocycles. The van der Waals surface area contributed by atoms with E-state index in [1.807, 2.05) is 0 Å². The lowest BCUT2D eigenvalue weighted by Gasteiger charge is -2.36. The van der Waals surface area contributed by atoms with Crippen molar-refractivity contribution in [2.24, 2.45) is 0 Å². The molecule has 0 spiro atoms. The maximum atomic E-state index is 13.2. The quantitative estimate of drug-likeness (QED) is 0.866. The first kappa shape index (κ1) is 14.1. The summed E-state index contributed by atoms with van der Waals surface area (Å²) in [6.07, 6.45) is 0. The number of carbonyl (C=O) groups excluding carboxylic acids is 2. The van der Waals surface area contributed by atoms with Crippen molar-refractivity contribution in [2.45, 2.75) is 25.9 Å². The van der Waals surface area contributed by atoms with Crippen LogP contribution in [0.2, 0.25) is 10.0 Å². The number of nitrogens with one attached hydrogen (secondary N) is 1. The summed E-state index contributed by atoms with van der Waals surface area (Å²) in [7, 11) is 0. The summed E-state index contributed by atoms with van der Waals surface area (Å²) in [4.78, 5) is 25.1. The van der Waals surface area contributed by atoms with Gasteiger partial charge in [0.15, 0.2) is 0 Å². The number of piperazine rings is 1. The Kier molecular flexibility index (Phi) is 3.69. The summed E-state index contributed by atoms with van der Waals surface area (Å²) < 4.78 is 13.2. The minimum Gasteiger partial charge on any atom is -0.343 e. The average molecular weight is 305 g/mol. The molecule has 2 atom stereocenters. The van der Waals surface area contributed by atoms with E-state index in [2.05, 4.69) is 5.32 Å². The van der Waals surface area contributed by atoms with Gasteiger partial charge in [-0.25, -0.2) is 4.39 Å². The molecule has 1 aliphatic rings. The molecule has 0 aliphatic carbocycles. The topological polar surface area (TPSA) is 49.4 Å². The first-order valence-electron chi connectivity index (χ1n) is 5.61. The molecule has 4 nitrogen and oxygen atoms in total. The zero-order chi connectivity index (χ0) is 14.3. The van der Waals surface area contributed by atoms with Crippen LogP contribution in [0.1, 0.15) is 13.8 Å². The van der Waals surface area contributed by atoms with E-state index in [1.165, 1.54) is 4.90 Å². The van der Waals surface area contributed by atoms with Gasteiger partial charge in [0.25, 0.3) is 0 Å². The van der Waals surface area contributed by atoms with Crippen molar-refractivity contribution in [3.63, 3.8) is 0 Å². The molecule has 0 aromatic heterocycles. The summed E-state index contributed by atoms with van der Waals surface area (Å²) in [6.45, 7) is 3.11. The number of amides is 2. The lowest BCUT2D eigenvalue weighted by atomic mass is 10.1. The third-order valence-corrected chi connectivity index (χ3v) is 3.53. The SMILES string of the molecule is CC1NC(=O)C(C)N(c2c(Cl)cc(F)cc2Cl)C1=O. The fourth-order valence-corrected chi connectivity index (χ4v) is 2.62. The number of benzene rings is 1. The largest absolute Gasteiger partial charge is 0.343 e. The number of nitrogens with zero attached hydrogens (tertiary/aromatic N) is 1. The molecule has 1 saturated heterocycles. The molecule has 2 amide bonds.